The predicted octanol–water partition coefficient (Wildman–Crippen LogP) is 2.35. The Bertz CT molecular complexity index is 1240. The molecule has 0 saturated heterocycles. The van der Waals surface area contributed by atoms with E-state index >= 15 is 0 Å². The van der Waals surface area contributed by atoms with E-state index in [1.807, 2.05) is 47.0 Å². The first-order valence-corrected chi connectivity index (χ1v) is 9.66. The number of aromatic amines is 1. The van der Waals surface area contributed by atoms with Crippen molar-refractivity contribution < 1.29 is 0 Å². The Hall–Kier alpha value is -3.17. The number of hydrogen-bond donors (Lipinski definition) is 2. The first kappa shape index (κ1) is 19.2. The largest absolute Gasteiger partial charge is 0.365 e. The van der Waals surface area contributed by atoms with Crippen LogP contribution in [0.5, 0.6) is 0 Å². The molecule has 0 radical (unpaired) electrons. The Labute approximate surface area is 176 Å². The molecule has 8 nitrogen and oxygen atoms in total. The molecular formula is C19H18ClN7OS. The molecule has 0 saturated carbocycles. The van der Waals surface area contributed by atoms with Crippen molar-refractivity contribution in [3.05, 3.63) is 97.7 Å². The molecule has 4 aromatic rings. The quantitative estimate of drug-likeness (QED) is 0.363. The summed E-state index contributed by atoms with van der Waals surface area (Å²) in [5, 5.41) is 12.1. The topological polar surface area (TPSA) is 99.4 Å². The minimum Gasteiger partial charge on any atom is -0.333 e. The van der Waals surface area contributed by atoms with Gasteiger partial charge in [-0.15, -0.1) is 0 Å². The van der Waals surface area contributed by atoms with Crippen LogP contribution in [0.15, 0.2) is 59.4 Å². The Kier molecular flexibility index (Phi) is 5.32. The zero-order valence-electron chi connectivity index (χ0n) is 15.3. The van der Waals surface area contributed by atoms with Gasteiger partial charge in [0, 0.05) is 11.4 Å². The second-order valence-corrected chi connectivity index (χ2v) is 7.37. The molecule has 4 rings (SSSR count). The number of nitrogens with zero attached hydrogens (tertiary/aromatic N) is 5. The number of aromatic nitrogens is 6. The molecular weight excluding hydrogens is 410 g/mol. The predicted molar refractivity (Wildman–Crippen MR) is 113 cm³/mol. The average molecular weight is 428 g/mol. The van der Waals surface area contributed by atoms with Gasteiger partial charge in [0.2, 0.25) is 0 Å². The molecule has 29 heavy (non-hydrogen) atoms. The number of benzene rings is 2. The number of nitrogens with one attached hydrogen (secondary N) is 1. The van der Waals surface area contributed by atoms with Crippen molar-refractivity contribution in [2.45, 2.75) is 19.5 Å². The number of rotatable bonds is 6. The molecule has 148 valence electrons. The van der Waals surface area contributed by atoms with Crippen molar-refractivity contribution in [1.82, 2.24) is 29.2 Å². The Balaban J connectivity index is 1.60. The third kappa shape index (κ3) is 4.15. The van der Waals surface area contributed by atoms with Crippen molar-refractivity contribution in [3.63, 3.8) is 0 Å². The molecule has 2 aromatic carbocycles. The summed E-state index contributed by atoms with van der Waals surface area (Å²) in [4.78, 5) is 12.6. The lowest BCUT2D eigenvalue weighted by Crippen LogP contribution is -2.31. The first-order valence-electron chi connectivity index (χ1n) is 8.87. The third-order valence-electron chi connectivity index (χ3n) is 4.53. The van der Waals surface area contributed by atoms with Crippen molar-refractivity contribution in [1.29, 1.82) is 0 Å². The molecule has 10 heteroatoms. The molecule has 3 N–H and O–H groups in total. The van der Waals surface area contributed by atoms with Crippen molar-refractivity contribution >= 4 is 23.8 Å². The van der Waals surface area contributed by atoms with E-state index in [1.54, 1.807) is 12.1 Å². The van der Waals surface area contributed by atoms with Gasteiger partial charge >= 0.3 is 5.69 Å². The van der Waals surface area contributed by atoms with E-state index in [-0.39, 0.29) is 6.54 Å². The molecule has 0 unspecified atom stereocenters. The van der Waals surface area contributed by atoms with E-state index in [1.165, 1.54) is 4.68 Å². The third-order valence-corrected chi connectivity index (χ3v) is 5.09. The lowest BCUT2D eigenvalue weighted by Gasteiger charge is -2.06. The Morgan fingerprint density at radius 2 is 1.72 bits per heavy atom. The Morgan fingerprint density at radius 1 is 1.00 bits per heavy atom. The van der Waals surface area contributed by atoms with E-state index in [9.17, 15) is 4.79 Å². The summed E-state index contributed by atoms with van der Waals surface area (Å²) < 4.78 is 4.66. The highest BCUT2D eigenvalue weighted by atomic mass is 35.5. The fraction of sp³-hybridized carbons (Fsp3) is 0.158. The van der Waals surface area contributed by atoms with Crippen molar-refractivity contribution in [2.75, 3.05) is 5.84 Å². The second-order valence-electron chi connectivity index (χ2n) is 6.55. The minimum atomic E-state index is -0.422. The fourth-order valence-electron chi connectivity index (χ4n) is 3.01. The van der Waals surface area contributed by atoms with Gasteiger partial charge in [-0.05, 0) is 35.5 Å². The maximum Gasteiger partial charge on any atom is 0.365 e. The normalized spacial score (nSPS) is 11.1. The van der Waals surface area contributed by atoms with Crippen LogP contribution >= 0.6 is 23.8 Å². The first-order chi connectivity index (χ1) is 14.0. The van der Waals surface area contributed by atoms with Crippen LogP contribution in [-0.4, -0.2) is 29.2 Å². The fourth-order valence-corrected chi connectivity index (χ4v) is 3.35. The molecule has 2 heterocycles. The van der Waals surface area contributed by atoms with Crippen LogP contribution in [0.4, 0.5) is 0 Å². The average Bonchev–Trinajstić information content (AvgIpc) is 3.19. The van der Waals surface area contributed by atoms with Crippen LogP contribution in [0, 0.1) is 4.77 Å². The van der Waals surface area contributed by atoms with Gasteiger partial charge in [0.25, 0.3) is 0 Å². The minimum absolute atomic E-state index is 0.149. The van der Waals surface area contributed by atoms with Gasteiger partial charge in [-0.1, -0.05) is 54.1 Å². The van der Waals surface area contributed by atoms with Gasteiger partial charge in [-0.3, -0.25) is 9.67 Å². The highest BCUT2D eigenvalue weighted by Crippen LogP contribution is 2.12. The maximum atomic E-state index is 12.6. The molecule has 0 fully saturated rings. The lowest BCUT2D eigenvalue weighted by atomic mass is 10.1. The molecule has 0 amide bonds. The summed E-state index contributed by atoms with van der Waals surface area (Å²) in [5.74, 6) is 6.98. The highest BCUT2D eigenvalue weighted by molar-refractivity contribution is 7.71. The molecule has 0 atom stereocenters. The zero-order valence-corrected chi connectivity index (χ0v) is 16.9. The van der Waals surface area contributed by atoms with Crippen LogP contribution in [-0.2, 0) is 19.5 Å². The molecule has 0 spiro atoms. The van der Waals surface area contributed by atoms with Crippen LogP contribution < -0.4 is 11.5 Å². The summed E-state index contributed by atoms with van der Waals surface area (Å²) >= 11 is 11.3. The maximum absolute atomic E-state index is 12.6. The van der Waals surface area contributed by atoms with Crippen LogP contribution in [0.3, 0.4) is 0 Å². The van der Waals surface area contributed by atoms with Gasteiger partial charge < -0.3 is 5.84 Å². The molecule has 2 aromatic heterocycles. The number of nitrogens with two attached hydrogens (primary N) is 1. The molecule has 0 aliphatic heterocycles. The van der Waals surface area contributed by atoms with Crippen LogP contribution in [0.25, 0.3) is 0 Å². The summed E-state index contributed by atoms with van der Waals surface area (Å²) in [6, 6.07) is 17.2. The summed E-state index contributed by atoms with van der Waals surface area (Å²) in [7, 11) is 0. The standard InChI is InChI=1S/C19H18ClN7OS/c20-15-8-6-13(7-9-15)10-16-24-26(19(28)27(16)21)12-17-22-23-18(29)25(17)11-14-4-2-1-3-5-14/h1-9H,10-12,21H2,(H,23,29). The Morgan fingerprint density at radius 3 is 2.45 bits per heavy atom. The van der Waals surface area contributed by atoms with E-state index in [2.05, 4.69) is 15.3 Å². The van der Waals surface area contributed by atoms with E-state index in [4.69, 9.17) is 29.7 Å². The molecule has 0 aliphatic carbocycles. The SMILES string of the molecule is Nn1c(Cc2ccc(Cl)cc2)nn(Cc2n[nH]c(=S)n2Cc2ccccc2)c1=O. The summed E-state index contributed by atoms with van der Waals surface area (Å²) in [6.07, 6.45) is 0.410. The van der Waals surface area contributed by atoms with Gasteiger partial charge in [-0.25, -0.2) is 9.48 Å². The molecule has 0 bridgehead atoms. The van der Waals surface area contributed by atoms with Gasteiger partial charge in [0.15, 0.2) is 16.4 Å². The van der Waals surface area contributed by atoms with E-state index in [0.29, 0.717) is 34.4 Å². The smallest absolute Gasteiger partial charge is 0.333 e. The zero-order chi connectivity index (χ0) is 20.4. The number of hydrogen-bond acceptors (Lipinski definition) is 5. The van der Waals surface area contributed by atoms with Crippen LogP contribution in [0.1, 0.15) is 22.8 Å². The van der Waals surface area contributed by atoms with Crippen LogP contribution in [0.2, 0.25) is 5.02 Å². The number of nitrogen functional groups attached to an aromatic ring is 1. The van der Waals surface area contributed by atoms with E-state index < -0.39 is 5.69 Å². The van der Waals surface area contributed by atoms with E-state index in [0.717, 1.165) is 15.8 Å². The second kappa shape index (κ2) is 8.06. The summed E-state index contributed by atoms with van der Waals surface area (Å²) in [5.41, 5.74) is 1.60. The van der Waals surface area contributed by atoms with Gasteiger partial charge in [-0.2, -0.15) is 14.9 Å². The number of H-pyrrole nitrogens is 1. The van der Waals surface area contributed by atoms with Gasteiger partial charge in [0.05, 0.1) is 6.54 Å². The monoisotopic (exact) mass is 427 g/mol. The van der Waals surface area contributed by atoms with Crippen molar-refractivity contribution in [3.8, 4) is 0 Å². The molecule has 0 aliphatic rings. The summed E-state index contributed by atoms with van der Waals surface area (Å²) in [6.45, 7) is 0.692. The number of halogens is 1. The van der Waals surface area contributed by atoms with Crippen molar-refractivity contribution in [2.24, 2.45) is 0 Å². The van der Waals surface area contributed by atoms with Gasteiger partial charge in [0.1, 0.15) is 6.54 Å². The highest BCUT2D eigenvalue weighted by Gasteiger charge is 2.15. The lowest BCUT2D eigenvalue weighted by molar-refractivity contribution is 0.589.